The number of rotatable bonds is 5. The first-order chi connectivity index (χ1) is 15.6. The van der Waals surface area contributed by atoms with Crippen molar-refractivity contribution in [2.24, 2.45) is 5.92 Å². The van der Waals surface area contributed by atoms with Crippen molar-refractivity contribution in [2.75, 3.05) is 0 Å². The van der Waals surface area contributed by atoms with Crippen LogP contribution in [0.5, 0.6) is 5.75 Å². The van der Waals surface area contributed by atoms with Crippen LogP contribution < -0.4 is 4.74 Å². The zero-order chi connectivity index (χ0) is 23.8. The highest BCUT2D eigenvalue weighted by Crippen LogP contribution is 2.39. The Kier molecular flexibility index (Phi) is 6.66. The predicted octanol–water partition coefficient (Wildman–Crippen LogP) is 8.85. The van der Waals surface area contributed by atoms with Crippen LogP contribution in [0.2, 0.25) is 5.02 Å². The van der Waals surface area contributed by atoms with Crippen molar-refractivity contribution in [3.8, 4) is 16.9 Å². The van der Waals surface area contributed by atoms with E-state index in [0.29, 0.717) is 12.0 Å². The number of ether oxygens (including phenoxy) is 1. The molecule has 0 amide bonds. The van der Waals surface area contributed by atoms with Crippen LogP contribution in [0.15, 0.2) is 54.6 Å². The molecule has 4 rings (SSSR count). The SMILES string of the molecule is CC1CCC(c2ccc(OC(F)(F)c3ccc(-c4ccc(Cl)c(F)c4)c(F)c3)c(F)c2)CC1. The maximum absolute atomic E-state index is 14.7. The molecule has 0 spiro atoms. The molecule has 3 aromatic rings. The van der Waals surface area contributed by atoms with Gasteiger partial charge < -0.3 is 4.74 Å². The fourth-order valence-electron chi connectivity index (χ4n) is 4.24. The Bertz CT molecular complexity index is 1160. The predicted molar refractivity (Wildman–Crippen MR) is 118 cm³/mol. The molecule has 1 aliphatic carbocycles. The van der Waals surface area contributed by atoms with E-state index < -0.39 is 34.9 Å². The van der Waals surface area contributed by atoms with Gasteiger partial charge in [0.1, 0.15) is 11.6 Å². The molecule has 0 atom stereocenters. The molecular formula is C26H22ClF5O. The Balaban J connectivity index is 1.53. The van der Waals surface area contributed by atoms with E-state index in [1.54, 1.807) is 6.07 Å². The molecule has 174 valence electrons. The lowest BCUT2D eigenvalue weighted by Crippen LogP contribution is -2.23. The van der Waals surface area contributed by atoms with Gasteiger partial charge in [-0.1, -0.05) is 49.6 Å². The van der Waals surface area contributed by atoms with Crippen LogP contribution in [0.3, 0.4) is 0 Å². The largest absolute Gasteiger partial charge is 0.426 e. The van der Waals surface area contributed by atoms with Crippen LogP contribution in [0, 0.1) is 23.4 Å². The lowest BCUT2D eigenvalue weighted by molar-refractivity contribution is -0.187. The third-order valence-corrected chi connectivity index (χ3v) is 6.52. The van der Waals surface area contributed by atoms with Gasteiger partial charge in [0.25, 0.3) is 0 Å². The van der Waals surface area contributed by atoms with Crippen LogP contribution in [0.1, 0.15) is 49.7 Å². The first-order valence-electron chi connectivity index (χ1n) is 10.8. The summed E-state index contributed by atoms with van der Waals surface area (Å²) in [7, 11) is 0. The molecule has 0 bridgehead atoms. The summed E-state index contributed by atoms with van der Waals surface area (Å²) in [5, 5.41) is -0.137. The molecule has 0 aliphatic heterocycles. The van der Waals surface area contributed by atoms with Gasteiger partial charge in [-0.05, 0) is 72.2 Å². The Morgan fingerprint density at radius 3 is 2.18 bits per heavy atom. The third-order valence-electron chi connectivity index (χ3n) is 6.22. The van der Waals surface area contributed by atoms with Crippen LogP contribution >= 0.6 is 11.6 Å². The number of halogens is 6. The van der Waals surface area contributed by atoms with Crippen molar-refractivity contribution < 1.29 is 26.7 Å². The molecule has 3 aromatic carbocycles. The van der Waals surface area contributed by atoms with Gasteiger partial charge in [0.05, 0.1) is 10.6 Å². The first-order valence-corrected chi connectivity index (χ1v) is 11.1. The van der Waals surface area contributed by atoms with E-state index in [1.165, 1.54) is 24.3 Å². The molecule has 1 aliphatic rings. The smallest absolute Gasteiger partial charge is 0.426 e. The summed E-state index contributed by atoms with van der Waals surface area (Å²) in [6.45, 7) is 2.18. The van der Waals surface area contributed by atoms with Crippen LogP contribution in [-0.4, -0.2) is 0 Å². The summed E-state index contributed by atoms with van der Waals surface area (Å²) < 4.78 is 76.9. The summed E-state index contributed by atoms with van der Waals surface area (Å²) in [5.74, 6) is -2.42. The van der Waals surface area contributed by atoms with Gasteiger partial charge in [-0.25, -0.2) is 13.2 Å². The van der Waals surface area contributed by atoms with E-state index in [4.69, 9.17) is 11.6 Å². The Morgan fingerprint density at radius 1 is 0.818 bits per heavy atom. The molecule has 1 fully saturated rings. The van der Waals surface area contributed by atoms with E-state index in [2.05, 4.69) is 11.7 Å². The topological polar surface area (TPSA) is 9.23 Å². The highest BCUT2D eigenvalue weighted by Gasteiger charge is 2.36. The second kappa shape index (κ2) is 9.34. The maximum Gasteiger partial charge on any atom is 0.426 e. The lowest BCUT2D eigenvalue weighted by atomic mass is 9.79. The fourth-order valence-corrected chi connectivity index (χ4v) is 4.36. The molecule has 1 nitrogen and oxygen atoms in total. The van der Waals surface area contributed by atoms with Crippen molar-refractivity contribution in [3.05, 3.63) is 88.2 Å². The molecule has 0 heterocycles. The molecule has 0 radical (unpaired) electrons. The molecule has 0 unspecified atom stereocenters. The van der Waals surface area contributed by atoms with Crippen LogP contribution in [-0.2, 0) is 6.11 Å². The quantitative estimate of drug-likeness (QED) is 0.331. The van der Waals surface area contributed by atoms with Gasteiger partial charge in [-0.3, -0.25) is 0 Å². The fraction of sp³-hybridized carbons (Fsp3) is 0.308. The molecule has 0 N–H and O–H groups in total. The molecule has 0 aromatic heterocycles. The summed E-state index contributed by atoms with van der Waals surface area (Å²) in [5.41, 5.74) is 0.0370. The van der Waals surface area contributed by atoms with Gasteiger partial charge in [-0.15, -0.1) is 0 Å². The van der Waals surface area contributed by atoms with Crippen LogP contribution in [0.4, 0.5) is 22.0 Å². The minimum atomic E-state index is -3.98. The second-order valence-electron chi connectivity index (χ2n) is 8.59. The minimum absolute atomic E-state index is 0.0811. The second-order valence-corrected chi connectivity index (χ2v) is 9.00. The number of hydrogen-bond donors (Lipinski definition) is 0. The molecule has 1 saturated carbocycles. The summed E-state index contributed by atoms with van der Waals surface area (Å²) in [6.07, 6.45) is -0.0207. The number of hydrogen-bond acceptors (Lipinski definition) is 1. The zero-order valence-electron chi connectivity index (χ0n) is 17.9. The maximum atomic E-state index is 14.7. The van der Waals surface area contributed by atoms with Crippen molar-refractivity contribution >= 4 is 11.6 Å². The molecule has 0 saturated heterocycles. The molecule has 7 heteroatoms. The van der Waals surface area contributed by atoms with Gasteiger partial charge in [-0.2, -0.15) is 8.78 Å². The van der Waals surface area contributed by atoms with Gasteiger partial charge in [0.15, 0.2) is 11.6 Å². The van der Waals surface area contributed by atoms with Crippen molar-refractivity contribution in [1.82, 2.24) is 0 Å². The Hall–Kier alpha value is -2.60. The van der Waals surface area contributed by atoms with Crippen molar-refractivity contribution in [3.63, 3.8) is 0 Å². The standard InChI is InChI=1S/C26H22ClF5O/c1-15-2-4-16(5-3-15)17-7-11-25(24(30)12-17)33-26(31,32)19-8-9-20(22(28)14-19)18-6-10-21(27)23(29)13-18/h6-16H,2-5H2,1H3. The zero-order valence-corrected chi connectivity index (χ0v) is 18.6. The van der Waals surface area contributed by atoms with E-state index in [-0.39, 0.29) is 22.1 Å². The van der Waals surface area contributed by atoms with Gasteiger partial charge >= 0.3 is 6.11 Å². The van der Waals surface area contributed by atoms with E-state index in [0.717, 1.165) is 49.4 Å². The normalized spacial score (nSPS) is 18.9. The van der Waals surface area contributed by atoms with E-state index in [1.807, 2.05) is 0 Å². The van der Waals surface area contributed by atoms with Gasteiger partial charge in [0, 0.05) is 5.56 Å². The average Bonchev–Trinajstić information content (AvgIpc) is 2.77. The average molecular weight is 481 g/mol. The Morgan fingerprint density at radius 2 is 1.55 bits per heavy atom. The van der Waals surface area contributed by atoms with E-state index in [9.17, 15) is 22.0 Å². The van der Waals surface area contributed by atoms with Crippen molar-refractivity contribution in [2.45, 2.75) is 44.6 Å². The summed E-state index contributed by atoms with van der Waals surface area (Å²) in [4.78, 5) is 0. The van der Waals surface area contributed by atoms with Crippen LogP contribution in [0.25, 0.3) is 11.1 Å². The highest BCUT2D eigenvalue weighted by atomic mass is 35.5. The summed E-state index contributed by atoms with van der Waals surface area (Å²) >= 11 is 5.63. The van der Waals surface area contributed by atoms with Crippen molar-refractivity contribution in [1.29, 1.82) is 0 Å². The number of alkyl halides is 2. The minimum Gasteiger partial charge on any atom is -0.426 e. The van der Waals surface area contributed by atoms with Gasteiger partial charge in [0.2, 0.25) is 0 Å². The molecular weight excluding hydrogens is 459 g/mol. The lowest BCUT2D eigenvalue weighted by Gasteiger charge is -2.27. The monoisotopic (exact) mass is 480 g/mol. The first kappa shape index (κ1) is 23.6. The van der Waals surface area contributed by atoms with E-state index >= 15 is 0 Å². The molecule has 33 heavy (non-hydrogen) atoms. The Labute approximate surface area is 194 Å². The number of benzene rings is 3. The summed E-state index contributed by atoms with van der Waals surface area (Å²) in [6, 6.07) is 10.3. The third kappa shape index (κ3) is 5.16. The highest BCUT2D eigenvalue weighted by molar-refractivity contribution is 6.30.